The molecule has 0 unspecified atom stereocenters. The zero-order valence-corrected chi connectivity index (χ0v) is 9.83. The zero-order chi connectivity index (χ0) is 11.5. The van der Waals surface area contributed by atoms with E-state index in [0.29, 0.717) is 12.6 Å². The lowest BCUT2D eigenvalue weighted by Gasteiger charge is -2.37. The van der Waals surface area contributed by atoms with Crippen molar-refractivity contribution in [3.63, 3.8) is 0 Å². The van der Waals surface area contributed by atoms with Gasteiger partial charge in [-0.25, -0.2) is 4.79 Å². The van der Waals surface area contributed by atoms with Crippen LogP contribution in [0.4, 0.5) is 4.79 Å². The van der Waals surface area contributed by atoms with Gasteiger partial charge >= 0.3 is 6.03 Å². The van der Waals surface area contributed by atoms with Crippen molar-refractivity contribution < 1.29 is 4.79 Å². The number of rotatable bonds is 3. The van der Waals surface area contributed by atoms with E-state index in [9.17, 15) is 4.79 Å². The smallest absolute Gasteiger partial charge is 0.315 e. The number of hydrogen-bond acceptors (Lipinski definition) is 2. The monoisotopic (exact) mass is 213 g/mol. The molecule has 1 aliphatic rings. The number of carbonyl (C=O) groups excluding carboxylic acids is 1. The van der Waals surface area contributed by atoms with Crippen LogP contribution in [-0.2, 0) is 0 Å². The lowest BCUT2D eigenvalue weighted by molar-refractivity contribution is 0.147. The van der Waals surface area contributed by atoms with E-state index >= 15 is 0 Å². The van der Waals surface area contributed by atoms with Crippen molar-refractivity contribution in [2.75, 3.05) is 6.54 Å². The molecule has 88 valence electrons. The number of primary amides is 1. The van der Waals surface area contributed by atoms with E-state index in [1.165, 1.54) is 19.3 Å². The van der Waals surface area contributed by atoms with E-state index in [1.807, 2.05) is 13.8 Å². The molecule has 4 heteroatoms. The van der Waals surface area contributed by atoms with Gasteiger partial charge in [0.05, 0.1) is 0 Å². The van der Waals surface area contributed by atoms with Gasteiger partial charge in [-0.05, 0) is 26.7 Å². The van der Waals surface area contributed by atoms with Crippen molar-refractivity contribution in [3.8, 4) is 0 Å². The van der Waals surface area contributed by atoms with Gasteiger partial charge in [-0.1, -0.05) is 19.3 Å². The summed E-state index contributed by atoms with van der Waals surface area (Å²) in [5, 5.41) is 0. The normalized spacial score (nSPS) is 18.9. The van der Waals surface area contributed by atoms with Gasteiger partial charge in [-0.15, -0.1) is 0 Å². The summed E-state index contributed by atoms with van der Waals surface area (Å²) in [5.41, 5.74) is 11.0. The Morgan fingerprint density at radius 3 is 2.27 bits per heavy atom. The third-order valence-electron chi connectivity index (χ3n) is 2.88. The molecule has 2 amide bonds. The average molecular weight is 213 g/mol. The highest BCUT2D eigenvalue weighted by Gasteiger charge is 2.27. The van der Waals surface area contributed by atoms with Gasteiger partial charge in [0.25, 0.3) is 0 Å². The molecule has 0 atom stereocenters. The second-order valence-corrected chi connectivity index (χ2v) is 5.25. The van der Waals surface area contributed by atoms with Crippen LogP contribution in [0.3, 0.4) is 0 Å². The van der Waals surface area contributed by atoms with Crippen molar-refractivity contribution in [2.24, 2.45) is 11.5 Å². The summed E-state index contributed by atoms with van der Waals surface area (Å²) in [6.45, 7) is 4.39. The summed E-state index contributed by atoms with van der Waals surface area (Å²) in [5.74, 6) is 0. The highest BCUT2D eigenvalue weighted by atomic mass is 16.2. The van der Waals surface area contributed by atoms with Crippen LogP contribution in [0.25, 0.3) is 0 Å². The largest absolute Gasteiger partial charge is 0.351 e. The molecule has 0 bridgehead atoms. The lowest BCUT2D eigenvalue weighted by atomic mass is 9.93. The summed E-state index contributed by atoms with van der Waals surface area (Å²) in [6.07, 6.45) is 5.80. The van der Waals surface area contributed by atoms with Gasteiger partial charge in [-0.3, -0.25) is 0 Å². The average Bonchev–Trinajstić information content (AvgIpc) is 2.14. The molecule has 4 N–H and O–H groups in total. The van der Waals surface area contributed by atoms with Crippen LogP contribution in [0, 0.1) is 0 Å². The minimum Gasteiger partial charge on any atom is -0.351 e. The molecule has 1 saturated carbocycles. The van der Waals surface area contributed by atoms with Gasteiger partial charge in [0.2, 0.25) is 0 Å². The molecule has 15 heavy (non-hydrogen) atoms. The molecular formula is C11H23N3O. The Labute approximate surface area is 92.0 Å². The van der Waals surface area contributed by atoms with E-state index < -0.39 is 0 Å². The molecule has 1 fully saturated rings. The Bertz CT molecular complexity index is 216. The molecule has 1 aliphatic carbocycles. The van der Waals surface area contributed by atoms with Crippen LogP contribution in [0.1, 0.15) is 46.0 Å². The maximum Gasteiger partial charge on any atom is 0.315 e. The topological polar surface area (TPSA) is 72.3 Å². The lowest BCUT2D eigenvalue weighted by Crippen LogP contribution is -2.53. The molecule has 0 aromatic rings. The van der Waals surface area contributed by atoms with Crippen molar-refractivity contribution >= 4 is 6.03 Å². The first kappa shape index (κ1) is 12.3. The molecule has 0 aliphatic heterocycles. The predicted octanol–water partition coefficient (Wildman–Crippen LogP) is 1.44. The van der Waals surface area contributed by atoms with Crippen molar-refractivity contribution in [2.45, 2.75) is 57.5 Å². The van der Waals surface area contributed by atoms with Gasteiger partial charge in [0.15, 0.2) is 0 Å². The summed E-state index contributed by atoms with van der Waals surface area (Å²) in [4.78, 5) is 13.1. The summed E-state index contributed by atoms with van der Waals surface area (Å²) >= 11 is 0. The number of urea groups is 1. The number of hydrogen-bond donors (Lipinski definition) is 2. The number of nitrogens with zero attached hydrogens (tertiary/aromatic N) is 1. The second-order valence-electron chi connectivity index (χ2n) is 5.25. The summed E-state index contributed by atoms with van der Waals surface area (Å²) in [7, 11) is 0. The molecule has 4 nitrogen and oxygen atoms in total. The molecule has 0 saturated heterocycles. The van der Waals surface area contributed by atoms with Crippen molar-refractivity contribution in [1.82, 2.24) is 4.90 Å². The number of amides is 2. The van der Waals surface area contributed by atoms with Gasteiger partial charge in [-0.2, -0.15) is 0 Å². The van der Waals surface area contributed by atoms with Crippen LogP contribution < -0.4 is 11.5 Å². The van der Waals surface area contributed by atoms with E-state index in [4.69, 9.17) is 11.5 Å². The first-order chi connectivity index (χ1) is 6.90. The molecular weight excluding hydrogens is 190 g/mol. The quantitative estimate of drug-likeness (QED) is 0.744. The minimum absolute atomic E-state index is 0.305. The Kier molecular flexibility index (Phi) is 3.97. The van der Waals surface area contributed by atoms with E-state index in [-0.39, 0.29) is 11.6 Å². The Morgan fingerprint density at radius 1 is 1.33 bits per heavy atom. The molecule has 0 aromatic carbocycles. The number of nitrogens with two attached hydrogens (primary N) is 2. The SMILES string of the molecule is CC(C)(N)CN(C(N)=O)C1CCCCC1. The minimum atomic E-state index is -0.369. The van der Waals surface area contributed by atoms with Crippen LogP contribution in [0.2, 0.25) is 0 Å². The van der Waals surface area contributed by atoms with Crippen LogP contribution in [0.15, 0.2) is 0 Å². The van der Waals surface area contributed by atoms with Gasteiger partial charge in [0.1, 0.15) is 0 Å². The summed E-state index contributed by atoms with van der Waals surface area (Å²) < 4.78 is 0. The van der Waals surface area contributed by atoms with Crippen LogP contribution in [-0.4, -0.2) is 29.1 Å². The van der Waals surface area contributed by atoms with Crippen LogP contribution >= 0.6 is 0 Å². The van der Waals surface area contributed by atoms with Gasteiger partial charge < -0.3 is 16.4 Å². The van der Waals surface area contributed by atoms with Crippen molar-refractivity contribution in [3.05, 3.63) is 0 Å². The zero-order valence-electron chi connectivity index (χ0n) is 9.83. The highest BCUT2D eigenvalue weighted by molar-refractivity contribution is 5.72. The van der Waals surface area contributed by atoms with Crippen LogP contribution in [0.5, 0.6) is 0 Å². The van der Waals surface area contributed by atoms with E-state index in [2.05, 4.69) is 0 Å². The molecule has 0 aromatic heterocycles. The maximum atomic E-state index is 11.4. The first-order valence-electron chi connectivity index (χ1n) is 5.75. The van der Waals surface area contributed by atoms with E-state index in [0.717, 1.165) is 12.8 Å². The Balaban J connectivity index is 2.60. The number of carbonyl (C=O) groups is 1. The fourth-order valence-electron chi connectivity index (χ4n) is 2.22. The molecule has 0 radical (unpaired) electrons. The highest BCUT2D eigenvalue weighted by Crippen LogP contribution is 2.23. The third-order valence-corrected chi connectivity index (χ3v) is 2.88. The maximum absolute atomic E-state index is 11.4. The van der Waals surface area contributed by atoms with E-state index in [1.54, 1.807) is 4.90 Å². The van der Waals surface area contributed by atoms with Crippen molar-refractivity contribution in [1.29, 1.82) is 0 Å². The fourth-order valence-corrected chi connectivity index (χ4v) is 2.22. The molecule has 0 spiro atoms. The fraction of sp³-hybridized carbons (Fsp3) is 0.909. The predicted molar refractivity (Wildman–Crippen MR) is 61.4 cm³/mol. The standard InChI is InChI=1S/C11H23N3O/c1-11(2,13)8-14(10(12)15)9-6-4-3-5-7-9/h9H,3-8,13H2,1-2H3,(H2,12,15). The van der Waals surface area contributed by atoms with Gasteiger partial charge in [0, 0.05) is 18.1 Å². The summed E-state index contributed by atoms with van der Waals surface area (Å²) in [6, 6.07) is -0.0282. The Morgan fingerprint density at radius 2 is 1.87 bits per heavy atom. The third kappa shape index (κ3) is 4.08. The molecule has 0 heterocycles. The molecule has 1 rings (SSSR count). The second kappa shape index (κ2) is 4.84. The first-order valence-corrected chi connectivity index (χ1v) is 5.75. The Hall–Kier alpha value is -0.770.